The van der Waals surface area contributed by atoms with Crippen molar-refractivity contribution in [3.8, 4) is 11.8 Å². The molecule has 0 aliphatic heterocycles. The number of nitriles is 1. The van der Waals surface area contributed by atoms with Gasteiger partial charge in [0.2, 0.25) is 0 Å². The molecule has 1 rings (SSSR count). The smallest absolute Gasteiger partial charge is 0.174 e. The van der Waals surface area contributed by atoms with Gasteiger partial charge in [-0.25, -0.2) is 0 Å². The first-order valence-electron chi connectivity index (χ1n) is 4.44. The van der Waals surface area contributed by atoms with Crippen LogP contribution in [0.3, 0.4) is 0 Å². The minimum atomic E-state index is 0.111. The maximum Gasteiger partial charge on any atom is 0.174 e. The SMILES string of the molecule is CC(C)c1cc(I)ccc1OCC#N. The van der Waals surface area contributed by atoms with Crippen LogP contribution in [0.1, 0.15) is 25.3 Å². The normalized spacial score (nSPS) is 9.93. The zero-order valence-electron chi connectivity index (χ0n) is 8.25. The highest BCUT2D eigenvalue weighted by Crippen LogP contribution is 2.27. The Morgan fingerprint density at radius 1 is 1.50 bits per heavy atom. The molecule has 0 amide bonds. The first-order valence-corrected chi connectivity index (χ1v) is 5.52. The average Bonchev–Trinajstić information content (AvgIpc) is 2.15. The fourth-order valence-electron chi connectivity index (χ4n) is 1.21. The summed E-state index contributed by atoms with van der Waals surface area (Å²) < 4.78 is 6.53. The van der Waals surface area contributed by atoms with Crippen LogP contribution in [0.15, 0.2) is 18.2 Å². The summed E-state index contributed by atoms with van der Waals surface area (Å²) in [6, 6.07) is 7.98. The molecular formula is C11H12INO. The van der Waals surface area contributed by atoms with Crippen molar-refractivity contribution in [3.05, 3.63) is 27.3 Å². The van der Waals surface area contributed by atoms with Gasteiger partial charge in [-0.15, -0.1) is 0 Å². The van der Waals surface area contributed by atoms with Crippen molar-refractivity contribution in [2.75, 3.05) is 6.61 Å². The van der Waals surface area contributed by atoms with Crippen LogP contribution in [0.25, 0.3) is 0 Å². The third-order valence-electron chi connectivity index (χ3n) is 1.89. The molecule has 0 radical (unpaired) electrons. The van der Waals surface area contributed by atoms with Gasteiger partial charge in [0.25, 0.3) is 0 Å². The van der Waals surface area contributed by atoms with E-state index in [0.29, 0.717) is 5.92 Å². The van der Waals surface area contributed by atoms with Gasteiger partial charge in [-0.1, -0.05) is 13.8 Å². The molecule has 0 saturated carbocycles. The lowest BCUT2D eigenvalue weighted by Crippen LogP contribution is -1.99. The Morgan fingerprint density at radius 2 is 2.21 bits per heavy atom. The van der Waals surface area contributed by atoms with E-state index in [1.807, 2.05) is 18.2 Å². The summed E-state index contributed by atoms with van der Waals surface area (Å²) in [7, 11) is 0. The number of halogens is 1. The second kappa shape index (κ2) is 5.20. The summed E-state index contributed by atoms with van der Waals surface area (Å²) >= 11 is 2.27. The molecular weight excluding hydrogens is 289 g/mol. The molecule has 14 heavy (non-hydrogen) atoms. The molecule has 0 spiro atoms. The van der Waals surface area contributed by atoms with Crippen molar-refractivity contribution < 1.29 is 4.74 Å². The fraction of sp³-hybridized carbons (Fsp3) is 0.364. The summed E-state index contributed by atoms with van der Waals surface area (Å²) in [4.78, 5) is 0. The Kier molecular flexibility index (Phi) is 4.21. The zero-order valence-corrected chi connectivity index (χ0v) is 10.4. The number of ether oxygens (including phenoxy) is 1. The van der Waals surface area contributed by atoms with Crippen LogP contribution >= 0.6 is 22.6 Å². The Balaban J connectivity index is 2.97. The van der Waals surface area contributed by atoms with Crippen LogP contribution in [0.4, 0.5) is 0 Å². The van der Waals surface area contributed by atoms with E-state index >= 15 is 0 Å². The van der Waals surface area contributed by atoms with E-state index in [-0.39, 0.29) is 6.61 Å². The number of hydrogen-bond acceptors (Lipinski definition) is 2. The molecule has 0 bridgehead atoms. The van der Waals surface area contributed by atoms with E-state index in [9.17, 15) is 0 Å². The quantitative estimate of drug-likeness (QED) is 0.802. The molecule has 2 nitrogen and oxygen atoms in total. The second-order valence-electron chi connectivity index (χ2n) is 3.28. The van der Waals surface area contributed by atoms with Crippen LogP contribution in [0.2, 0.25) is 0 Å². The molecule has 1 aromatic carbocycles. The molecule has 0 unspecified atom stereocenters. The molecule has 74 valence electrons. The highest BCUT2D eigenvalue weighted by Gasteiger charge is 2.07. The number of nitrogens with zero attached hydrogens (tertiary/aromatic N) is 1. The second-order valence-corrected chi connectivity index (χ2v) is 4.53. The Labute approximate surface area is 98.0 Å². The number of rotatable bonds is 3. The van der Waals surface area contributed by atoms with Crippen molar-refractivity contribution in [2.45, 2.75) is 19.8 Å². The van der Waals surface area contributed by atoms with Gasteiger partial charge in [0.15, 0.2) is 6.61 Å². The predicted octanol–water partition coefficient (Wildman–Crippen LogP) is 3.32. The van der Waals surface area contributed by atoms with Gasteiger partial charge in [-0.05, 0) is 52.3 Å². The molecule has 1 aromatic rings. The summed E-state index contributed by atoms with van der Waals surface area (Å²) in [6.07, 6.45) is 0. The van der Waals surface area contributed by atoms with Gasteiger partial charge in [-0.3, -0.25) is 0 Å². The van der Waals surface area contributed by atoms with Gasteiger partial charge in [-0.2, -0.15) is 5.26 Å². The highest BCUT2D eigenvalue weighted by molar-refractivity contribution is 14.1. The fourth-order valence-corrected chi connectivity index (χ4v) is 1.73. The van der Waals surface area contributed by atoms with Gasteiger partial charge < -0.3 is 4.74 Å². The highest BCUT2D eigenvalue weighted by atomic mass is 127. The van der Waals surface area contributed by atoms with Crippen LogP contribution in [-0.2, 0) is 0 Å². The maximum atomic E-state index is 8.44. The number of benzene rings is 1. The minimum Gasteiger partial charge on any atom is -0.478 e. The standard InChI is InChI=1S/C11H12INO/c1-8(2)10-7-9(12)3-4-11(10)14-6-5-13/h3-4,7-8H,6H2,1-2H3. The van der Waals surface area contributed by atoms with E-state index in [2.05, 4.69) is 42.5 Å². The van der Waals surface area contributed by atoms with E-state index in [1.54, 1.807) is 0 Å². The molecule has 3 heteroatoms. The predicted molar refractivity (Wildman–Crippen MR) is 64.4 cm³/mol. The van der Waals surface area contributed by atoms with E-state index < -0.39 is 0 Å². The first-order chi connectivity index (χ1) is 6.65. The molecule has 0 heterocycles. The lowest BCUT2D eigenvalue weighted by atomic mass is 10.0. The first kappa shape index (κ1) is 11.3. The van der Waals surface area contributed by atoms with Gasteiger partial charge in [0.1, 0.15) is 11.8 Å². The molecule has 0 aliphatic carbocycles. The molecule has 0 aliphatic rings. The lowest BCUT2D eigenvalue weighted by Gasteiger charge is -2.12. The summed E-state index contributed by atoms with van der Waals surface area (Å²) in [6.45, 7) is 4.34. The van der Waals surface area contributed by atoms with Gasteiger partial charge in [0, 0.05) is 3.57 Å². The third-order valence-corrected chi connectivity index (χ3v) is 2.56. The Morgan fingerprint density at radius 3 is 2.79 bits per heavy atom. The third kappa shape index (κ3) is 2.88. The van der Waals surface area contributed by atoms with Crippen molar-refractivity contribution in [1.29, 1.82) is 5.26 Å². The molecule has 0 N–H and O–H groups in total. The van der Waals surface area contributed by atoms with E-state index in [0.717, 1.165) is 11.3 Å². The molecule has 0 aromatic heterocycles. The molecule has 0 fully saturated rings. The monoisotopic (exact) mass is 301 g/mol. The Bertz CT molecular complexity index is 355. The minimum absolute atomic E-state index is 0.111. The molecule has 0 saturated heterocycles. The zero-order chi connectivity index (χ0) is 10.6. The van der Waals surface area contributed by atoms with Gasteiger partial charge in [0.05, 0.1) is 0 Å². The molecule has 0 atom stereocenters. The Hall–Kier alpha value is -0.760. The van der Waals surface area contributed by atoms with E-state index in [1.165, 1.54) is 3.57 Å². The van der Waals surface area contributed by atoms with Crippen molar-refractivity contribution in [2.24, 2.45) is 0 Å². The summed E-state index contributed by atoms with van der Waals surface area (Å²) in [5.74, 6) is 1.24. The lowest BCUT2D eigenvalue weighted by molar-refractivity contribution is 0.362. The van der Waals surface area contributed by atoms with Gasteiger partial charge >= 0.3 is 0 Å². The van der Waals surface area contributed by atoms with Crippen molar-refractivity contribution >= 4 is 22.6 Å². The van der Waals surface area contributed by atoms with Crippen LogP contribution < -0.4 is 4.74 Å². The summed E-state index contributed by atoms with van der Waals surface area (Å²) in [5, 5.41) is 8.44. The largest absolute Gasteiger partial charge is 0.478 e. The maximum absolute atomic E-state index is 8.44. The van der Waals surface area contributed by atoms with Crippen LogP contribution in [0, 0.1) is 14.9 Å². The van der Waals surface area contributed by atoms with Crippen LogP contribution in [0.5, 0.6) is 5.75 Å². The average molecular weight is 301 g/mol. The van der Waals surface area contributed by atoms with E-state index in [4.69, 9.17) is 10.00 Å². The van der Waals surface area contributed by atoms with Crippen molar-refractivity contribution in [1.82, 2.24) is 0 Å². The topological polar surface area (TPSA) is 33.0 Å². The summed E-state index contributed by atoms with van der Waals surface area (Å²) in [5.41, 5.74) is 1.16. The van der Waals surface area contributed by atoms with Crippen molar-refractivity contribution in [3.63, 3.8) is 0 Å². The number of hydrogen-bond donors (Lipinski definition) is 0. The van der Waals surface area contributed by atoms with Crippen LogP contribution in [-0.4, -0.2) is 6.61 Å².